The van der Waals surface area contributed by atoms with E-state index in [4.69, 9.17) is 0 Å². The van der Waals surface area contributed by atoms with E-state index in [1.165, 1.54) is 12.8 Å². The van der Waals surface area contributed by atoms with Gasteiger partial charge < -0.3 is 14.8 Å². The minimum atomic E-state index is 0.238. The lowest BCUT2D eigenvalue weighted by molar-refractivity contribution is -0.130. The van der Waals surface area contributed by atoms with E-state index in [1.54, 1.807) is 12.5 Å². The number of likely N-dealkylation sites (tertiary alicyclic amines) is 1. The number of aromatic nitrogens is 2. The Kier molecular flexibility index (Phi) is 5.20. The average Bonchev–Trinajstić information content (AvgIpc) is 2.74. The molecule has 1 N–H and O–H groups in total. The molecule has 2 rings (SSSR count). The zero-order chi connectivity index (χ0) is 12.6. The number of carbonyl (C=O) groups is 1. The van der Waals surface area contributed by atoms with E-state index < -0.39 is 0 Å². The summed E-state index contributed by atoms with van der Waals surface area (Å²) in [5.74, 6) is 0.238. The van der Waals surface area contributed by atoms with E-state index in [0.717, 1.165) is 39.0 Å². The van der Waals surface area contributed by atoms with Crippen LogP contribution in [0.3, 0.4) is 0 Å². The van der Waals surface area contributed by atoms with E-state index in [-0.39, 0.29) is 5.91 Å². The highest BCUT2D eigenvalue weighted by Gasteiger charge is 2.14. The molecule has 1 fully saturated rings. The lowest BCUT2D eigenvalue weighted by Crippen LogP contribution is -2.39. The lowest BCUT2D eigenvalue weighted by Gasteiger charge is -2.20. The van der Waals surface area contributed by atoms with Crippen LogP contribution in [0, 0.1) is 0 Å². The number of hydrogen-bond donors (Lipinski definition) is 1. The van der Waals surface area contributed by atoms with Gasteiger partial charge in [-0.05, 0) is 12.8 Å². The van der Waals surface area contributed by atoms with E-state index in [2.05, 4.69) is 10.3 Å². The Morgan fingerprint density at radius 2 is 2.00 bits per heavy atom. The van der Waals surface area contributed by atoms with Crippen molar-refractivity contribution in [1.29, 1.82) is 0 Å². The molecular formula is C13H22N4O. The molecule has 1 aliphatic rings. The van der Waals surface area contributed by atoms with Crippen LogP contribution < -0.4 is 5.32 Å². The van der Waals surface area contributed by atoms with Gasteiger partial charge in [-0.1, -0.05) is 12.8 Å². The molecule has 0 aromatic carbocycles. The molecule has 0 saturated carbocycles. The van der Waals surface area contributed by atoms with E-state index in [9.17, 15) is 4.79 Å². The number of hydrogen-bond acceptors (Lipinski definition) is 3. The third-order valence-electron chi connectivity index (χ3n) is 3.34. The third-order valence-corrected chi connectivity index (χ3v) is 3.34. The normalized spacial score (nSPS) is 16.6. The van der Waals surface area contributed by atoms with Gasteiger partial charge in [-0.2, -0.15) is 0 Å². The minimum Gasteiger partial charge on any atom is -0.342 e. The average molecular weight is 250 g/mol. The highest BCUT2D eigenvalue weighted by molar-refractivity contribution is 5.78. The van der Waals surface area contributed by atoms with Gasteiger partial charge in [0, 0.05) is 38.6 Å². The van der Waals surface area contributed by atoms with Gasteiger partial charge in [0.2, 0.25) is 5.91 Å². The fourth-order valence-corrected chi connectivity index (χ4v) is 2.25. The first-order valence-corrected chi connectivity index (χ1v) is 6.80. The molecule has 0 spiro atoms. The summed E-state index contributed by atoms with van der Waals surface area (Å²) in [7, 11) is 0. The monoisotopic (exact) mass is 250 g/mol. The van der Waals surface area contributed by atoms with Crippen LogP contribution in [0.4, 0.5) is 0 Å². The van der Waals surface area contributed by atoms with Gasteiger partial charge in [0.15, 0.2) is 0 Å². The zero-order valence-electron chi connectivity index (χ0n) is 10.8. The summed E-state index contributed by atoms with van der Waals surface area (Å²) in [4.78, 5) is 17.9. The van der Waals surface area contributed by atoms with Crippen LogP contribution in [-0.2, 0) is 11.3 Å². The summed E-state index contributed by atoms with van der Waals surface area (Å²) < 4.78 is 2.00. The van der Waals surface area contributed by atoms with Crippen LogP contribution in [0.2, 0.25) is 0 Å². The number of nitrogens with zero attached hydrogens (tertiary/aromatic N) is 3. The molecule has 5 nitrogen and oxygen atoms in total. The first-order chi connectivity index (χ1) is 8.86. The quantitative estimate of drug-likeness (QED) is 0.789. The first kappa shape index (κ1) is 13.1. The zero-order valence-corrected chi connectivity index (χ0v) is 10.8. The molecule has 18 heavy (non-hydrogen) atoms. The molecule has 0 radical (unpaired) electrons. The molecule has 2 heterocycles. The molecule has 1 amide bonds. The Morgan fingerprint density at radius 3 is 2.67 bits per heavy atom. The van der Waals surface area contributed by atoms with Crippen molar-refractivity contribution < 1.29 is 4.79 Å². The highest BCUT2D eigenvalue weighted by atomic mass is 16.2. The number of carbonyl (C=O) groups excluding carboxylic acids is 1. The molecule has 0 aliphatic carbocycles. The van der Waals surface area contributed by atoms with Crippen molar-refractivity contribution in [3.05, 3.63) is 18.7 Å². The van der Waals surface area contributed by atoms with Crippen LogP contribution in [0.15, 0.2) is 18.7 Å². The van der Waals surface area contributed by atoms with Gasteiger partial charge in [-0.15, -0.1) is 0 Å². The number of amides is 1. The van der Waals surface area contributed by atoms with Gasteiger partial charge in [0.25, 0.3) is 0 Å². The lowest BCUT2D eigenvalue weighted by atomic mass is 10.2. The van der Waals surface area contributed by atoms with Crippen molar-refractivity contribution in [2.24, 2.45) is 0 Å². The molecule has 1 aromatic heterocycles. The summed E-state index contributed by atoms with van der Waals surface area (Å²) in [6.07, 6.45) is 10.3. The van der Waals surface area contributed by atoms with Gasteiger partial charge in [0.05, 0.1) is 12.9 Å². The molecule has 0 bridgehead atoms. The van der Waals surface area contributed by atoms with Crippen molar-refractivity contribution >= 4 is 5.91 Å². The van der Waals surface area contributed by atoms with Crippen LogP contribution in [0.1, 0.15) is 25.7 Å². The minimum absolute atomic E-state index is 0.238. The van der Waals surface area contributed by atoms with Gasteiger partial charge in [-0.3, -0.25) is 4.79 Å². The number of rotatable bonds is 5. The largest absolute Gasteiger partial charge is 0.342 e. The third kappa shape index (κ3) is 4.14. The molecule has 0 unspecified atom stereocenters. The van der Waals surface area contributed by atoms with Crippen molar-refractivity contribution in [2.45, 2.75) is 32.2 Å². The van der Waals surface area contributed by atoms with E-state index >= 15 is 0 Å². The Hall–Kier alpha value is -1.36. The maximum absolute atomic E-state index is 12.0. The topological polar surface area (TPSA) is 50.2 Å². The SMILES string of the molecule is O=C(CNCCn1ccnc1)N1CCCCCC1. The summed E-state index contributed by atoms with van der Waals surface area (Å²) >= 11 is 0. The van der Waals surface area contributed by atoms with Gasteiger partial charge in [-0.25, -0.2) is 4.98 Å². The molecular weight excluding hydrogens is 228 g/mol. The van der Waals surface area contributed by atoms with Crippen LogP contribution in [0.5, 0.6) is 0 Å². The Bertz CT molecular complexity index is 342. The molecule has 100 valence electrons. The number of nitrogens with one attached hydrogen (secondary N) is 1. The number of imidazole rings is 1. The fourth-order valence-electron chi connectivity index (χ4n) is 2.25. The maximum Gasteiger partial charge on any atom is 0.236 e. The Balaban J connectivity index is 1.61. The predicted octanol–water partition coefficient (Wildman–Crippen LogP) is 0.875. The van der Waals surface area contributed by atoms with E-state index in [0.29, 0.717) is 6.54 Å². The second-order valence-electron chi connectivity index (χ2n) is 4.77. The van der Waals surface area contributed by atoms with E-state index in [1.807, 2.05) is 15.7 Å². The van der Waals surface area contributed by atoms with Crippen molar-refractivity contribution in [1.82, 2.24) is 19.8 Å². The van der Waals surface area contributed by atoms with Gasteiger partial charge >= 0.3 is 0 Å². The summed E-state index contributed by atoms with van der Waals surface area (Å²) in [5.41, 5.74) is 0. The molecule has 1 aliphatic heterocycles. The smallest absolute Gasteiger partial charge is 0.236 e. The van der Waals surface area contributed by atoms with Crippen LogP contribution >= 0.6 is 0 Å². The maximum atomic E-state index is 12.0. The standard InChI is InChI=1S/C13H22N4O/c18-13(17-7-3-1-2-4-8-17)11-14-5-9-16-10-6-15-12-16/h6,10,12,14H,1-5,7-9,11H2. The van der Waals surface area contributed by atoms with Crippen LogP contribution in [0.25, 0.3) is 0 Å². The second-order valence-corrected chi connectivity index (χ2v) is 4.77. The van der Waals surface area contributed by atoms with Crippen molar-refractivity contribution in [2.75, 3.05) is 26.2 Å². The van der Waals surface area contributed by atoms with Crippen molar-refractivity contribution in [3.8, 4) is 0 Å². The Morgan fingerprint density at radius 1 is 1.22 bits per heavy atom. The highest BCUT2D eigenvalue weighted by Crippen LogP contribution is 2.09. The molecule has 1 aromatic rings. The predicted molar refractivity (Wildman–Crippen MR) is 70.1 cm³/mol. The first-order valence-electron chi connectivity index (χ1n) is 6.80. The van der Waals surface area contributed by atoms with Crippen molar-refractivity contribution in [3.63, 3.8) is 0 Å². The summed E-state index contributed by atoms with van der Waals surface area (Å²) in [6.45, 7) is 3.97. The summed E-state index contributed by atoms with van der Waals surface area (Å²) in [5, 5.41) is 3.20. The van der Waals surface area contributed by atoms with Crippen LogP contribution in [-0.4, -0.2) is 46.5 Å². The molecule has 1 saturated heterocycles. The molecule has 0 atom stereocenters. The molecule has 5 heteroatoms. The summed E-state index contributed by atoms with van der Waals surface area (Å²) in [6, 6.07) is 0. The van der Waals surface area contributed by atoms with Gasteiger partial charge in [0.1, 0.15) is 0 Å². The Labute approximate surface area is 108 Å². The fraction of sp³-hybridized carbons (Fsp3) is 0.692. The second kappa shape index (κ2) is 7.16.